The van der Waals surface area contributed by atoms with Crippen LogP contribution in [0.1, 0.15) is 31.9 Å². The molecule has 0 saturated heterocycles. The first kappa shape index (κ1) is 22.7. The van der Waals surface area contributed by atoms with Crippen LogP contribution in [0.5, 0.6) is 0 Å². The summed E-state index contributed by atoms with van der Waals surface area (Å²) < 4.78 is 10.3. The van der Waals surface area contributed by atoms with E-state index in [4.69, 9.17) is 9.47 Å². The molecule has 2 rings (SSSR count). The van der Waals surface area contributed by atoms with E-state index < -0.39 is 29.7 Å². The SMILES string of the molecule is CC(C)(C)OC(=O)NNC(=O)C(Cc1ccccc1)NC(=O)OCc1ccccc1. The second kappa shape index (κ2) is 10.8. The van der Waals surface area contributed by atoms with Crippen molar-refractivity contribution in [3.05, 3.63) is 71.8 Å². The average molecular weight is 413 g/mol. The van der Waals surface area contributed by atoms with Gasteiger partial charge in [0.25, 0.3) is 5.91 Å². The topological polar surface area (TPSA) is 106 Å². The number of alkyl carbamates (subject to hydrolysis) is 1. The van der Waals surface area contributed by atoms with E-state index in [0.29, 0.717) is 0 Å². The van der Waals surface area contributed by atoms with Gasteiger partial charge < -0.3 is 14.8 Å². The van der Waals surface area contributed by atoms with Crippen molar-refractivity contribution in [2.24, 2.45) is 0 Å². The first-order valence-electron chi connectivity index (χ1n) is 9.53. The molecule has 30 heavy (non-hydrogen) atoms. The van der Waals surface area contributed by atoms with Gasteiger partial charge in [0.2, 0.25) is 0 Å². The Bertz CT molecular complexity index is 835. The van der Waals surface area contributed by atoms with Crippen LogP contribution < -0.4 is 16.2 Å². The lowest BCUT2D eigenvalue weighted by Crippen LogP contribution is -2.53. The quantitative estimate of drug-likeness (QED) is 0.631. The van der Waals surface area contributed by atoms with Gasteiger partial charge in [-0.25, -0.2) is 15.0 Å². The van der Waals surface area contributed by atoms with Crippen LogP contribution in [0.15, 0.2) is 60.7 Å². The van der Waals surface area contributed by atoms with E-state index in [1.807, 2.05) is 60.7 Å². The monoisotopic (exact) mass is 413 g/mol. The van der Waals surface area contributed by atoms with Crippen LogP contribution in [-0.2, 0) is 27.3 Å². The zero-order chi connectivity index (χ0) is 22.0. The zero-order valence-corrected chi connectivity index (χ0v) is 17.3. The van der Waals surface area contributed by atoms with Crippen molar-refractivity contribution < 1.29 is 23.9 Å². The molecule has 3 amide bonds. The predicted molar refractivity (Wildman–Crippen MR) is 111 cm³/mol. The Labute approximate surface area is 175 Å². The standard InChI is InChI=1S/C22H27N3O5/c1-22(2,3)30-21(28)25-24-19(26)18(14-16-10-6-4-7-11-16)23-20(27)29-15-17-12-8-5-9-13-17/h4-13,18H,14-15H2,1-3H3,(H,23,27)(H,24,26)(H,25,28). The maximum atomic E-state index is 12.6. The van der Waals surface area contributed by atoms with Crippen molar-refractivity contribution in [1.82, 2.24) is 16.2 Å². The molecule has 0 bridgehead atoms. The van der Waals surface area contributed by atoms with Crippen molar-refractivity contribution >= 4 is 18.1 Å². The highest BCUT2D eigenvalue weighted by molar-refractivity contribution is 5.87. The summed E-state index contributed by atoms with van der Waals surface area (Å²) in [5.41, 5.74) is 5.40. The van der Waals surface area contributed by atoms with Gasteiger partial charge in [-0.2, -0.15) is 0 Å². The summed E-state index contributed by atoms with van der Waals surface area (Å²) in [7, 11) is 0. The van der Waals surface area contributed by atoms with Gasteiger partial charge in [0, 0.05) is 6.42 Å². The molecule has 8 nitrogen and oxygen atoms in total. The van der Waals surface area contributed by atoms with Gasteiger partial charge in [-0.15, -0.1) is 0 Å². The summed E-state index contributed by atoms with van der Waals surface area (Å²) in [6, 6.07) is 17.4. The number of hydrogen-bond donors (Lipinski definition) is 3. The number of nitrogens with one attached hydrogen (secondary N) is 3. The van der Waals surface area contributed by atoms with Gasteiger partial charge >= 0.3 is 12.2 Å². The Hall–Kier alpha value is -3.55. The largest absolute Gasteiger partial charge is 0.445 e. The van der Waals surface area contributed by atoms with E-state index in [1.165, 1.54) is 0 Å². The minimum atomic E-state index is -0.967. The summed E-state index contributed by atoms with van der Waals surface area (Å²) in [6.45, 7) is 5.19. The first-order valence-corrected chi connectivity index (χ1v) is 9.53. The smallest absolute Gasteiger partial charge is 0.426 e. The molecule has 1 unspecified atom stereocenters. The fraction of sp³-hybridized carbons (Fsp3) is 0.318. The van der Waals surface area contributed by atoms with Gasteiger partial charge in [-0.05, 0) is 31.9 Å². The Morgan fingerprint density at radius 1 is 0.833 bits per heavy atom. The minimum Gasteiger partial charge on any atom is -0.445 e. The summed E-state index contributed by atoms with van der Waals surface area (Å²) >= 11 is 0. The molecular weight excluding hydrogens is 386 g/mol. The second-order valence-corrected chi connectivity index (χ2v) is 7.56. The minimum absolute atomic E-state index is 0.0719. The highest BCUT2D eigenvalue weighted by atomic mass is 16.6. The molecule has 2 aromatic carbocycles. The molecule has 0 radical (unpaired) electrons. The fourth-order valence-electron chi connectivity index (χ4n) is 2.47. The van der Waals surface area contributed by atoms with Gasteiger partial charge in [0.05, 0.1) is 0 Å². The first-order chi connectivity index (χ1) is 14.2. The Morgan fingerprint density at radius 2 is 1.40 bits per heavy atom. The van der Waals surface area contributed by atoms with E-state index in [1.54, 1.807) is 20.8 Å². The van der Waals surface area contributed by atoms with Crippen LogP contribution in [0.25, 0.3) is 0 Å². The van der Waals surface area contributed by atoms with Crippen LogP contribution in [-0.4, -0.2) is 29.7 Å². The van der Waals surface area contributed by atoms with Crippen LogP contribution in [0.3, 0.4) is 0 Å². The maximum absolute atomic E-state index is 12.6. The molecule has 0 spiro atoms. The molecule has 0 aliphatic rings. The van der Waals surface area contributed by atoms with Crippen LogP contribution >= 0.6 is 0 Å². The molecule has 0 heterocycles. The highest BCUT2D eigenvalue weighted by Crippen LogP contribution is 2.07. The molecule has 0 fully saturated rings. The number of carbonyl (C=O) groups excluding carboxylic acids is 3. The molecule has 160 valence electrons. The molecule has 8 heteroatoms. The molecule has 3 N–H and O–H groups in total. The fourth-order valence-corrected chi connectivity index (χ4v) is 2.47. The third kappa shape index (κ3) is 8.64. The van der Waals surface area contributed by atoms with Crippen molar-refractivity contribution in [3.8, 4) is 0 Å². The Kier molecular flexibility index (Phi) is 8.22. The lowest BCUT2D eigenvalue weighted by Gasteiger charge is -2.21. The third-order valence-electron chi connectivity index (χ3n) is 3.79. The van der Waals surface area contributed by atoms with E-state index >= 15 is 0 Å². The highest BCUT2D eigenvalue weighted by Gasteiger charge is 2.23. The molecule has 0 aliphatic heterocycles. The number of amides is 3. The van der Waals surface area contributed by atoms with E-state index in [9.17, 15) is 14.4 Å². The maximum Gasteiger partial charge on any atom is 0.426 e. The zero-order valence-electron chi connectivity index (χ0n) is 17.3. The Morgan fingerprint density at radius 3 is 1.97 bits per heavy atom. The van der Waals surface area contributed by atoms with Crippen molar-refractivity contribution in [3.63, 3.8) is 0 Å². The number of rotatable bonds is 6. The number of benzene rings is 2. The van der Waals surface area contributed by atoms with Crippen molar-refractivity contribution in [1.29, 1.82) is 0 Å². The molecule has 0 aromatic heterocycles. The molecule has 1 atom stereocenters. The van der Waals surface area contributed by atoms with Crippen molar-refractivity contribution in [2.45, 2.75) is 45.4 Å². The summed E-state index contributed by atoms with van der Waals surface area (Å²) in [6.07, 6.45) is -1.34. The lowest BCUT2D eigenvalue weighted by atomic mass is 10.1. The molecule has 0 aliphatic carbocycles. The summed E-state index contributed by atoms with van der Waals surface area (Å²) in [5, 5.41) is 2.54. The second-order valence-electron chi connectivity index (χ2n) is 7.56. The van der Waals surface area contributed by atoms with Crippen LogP contribution in [0.4, 0.5) is 9.59 Å². The predicted octanol–water partition coefficient (Wildman–Crippen LogP) is 3.08. The van der Waals surface area contributed by atoms with E-state index in [0.717, 1.165) is 11.1 Å². The van der Waals surface area contributed by atoms with Crippen LogP contribution in [0.2, 0.25) is 0 Å². The molecule has 2 aromatic rings. The van der Waals surface area contributed by atoms with Gasteiger partial charge in [0.15, 0.2) is 0 Å². The summed E-state index contributed by atoms with van der Waals surface area (Å²) in [4.78, 5) is 36.6. The van der Waals surface area contributed by atoms with E-state index in [-0.39, 0.29) is 13.0 Å². The Balaban J connectivity index is 1.96. The molecular formula is C22H27N3O5. The number of carbonyl (C=O) groups is 3. The number of ether oxygens (including phenoxy) is 2. The van der Waals surface area contributed by atoms with Crippen molar-refractivity contribution in [2.75, 3.05) is 0 Å². The normalized spacial score (nSPS) is 11.7. The average Bonchev–Trinajstić information content (AvgIpc) is 2.70. The van der Waals surface area contributed by atoms with Gasteiger partial charge in [-0.1, -0.05) is 60.7 Å². The third-order valence-corrected chi connectivity index (χ3v) is 3.79. The molecule has 0 saturated carbocycles. The lowest BCUT2D eigenvalue weighted by molar-refractivity contribution is -0.124. The van der Waals surface area contributed by atoms with Gasteiger partial charge in [0.1, 0.15) is 18.2 Å². The summed E-state index contributed by atoms with van der Waals surface area (Å²) in [5.74, 6) is -0.610. The van der Waals surface area contributed by atoms with E-state index in [2.05, 4.69) is 16.2 Å². The van der Waals surface area contributed by atoms with Crippen LogP contribution in [0, 0.1) is 0 Å². The number of hydrogen-bond acceptors (Lipinski definition) is 5. The number of hydrazine groups is 1. The van der Waals surface area contributed by atoms with Gasteiger partial charge in [-0.3, -0.25) is 10.2 Å².